The van der Waals surface area contributed by atoms with Crippen molar-refractivity contribution in [3.63, 3.8) is 0 Å². The predicted molar refractivity (Wildman–Crippen MR) is 167 cm³/mol. The number of anilines is 1. The minimum atomic E-state index is -4.60. The van der Waals surface area contributed by atoms with Gasteiger partial charge >= 0.3 is 29.8 Å². The number of pyridine rings is 1. The first kappa shape index (κ1) is 33.8. The molecule has 252 valence electrons. The number of benzene rings is 2. The minimum absolute atomic E-state index is 0.106. The predicted octanol–water partition coefficient (Wildman–Crippen LogP) is 2.68. The van der Waals surface area contributed by atoms with Gasteiger partial charge in [0.1, 0.15) is 0 Å². The van der Waals surface area contributed by atoms with Gasteiger partial charge in [-0.3, -0.25) is 18.9 Å². The first-order valence-corrected chi connectivity index (χ1v) is 14.5. The van der Waals surface area contributed by atoms with Crippen molar-refractivity contribution in [1.29, 1.82) is 0 Å². The zero-order valence-electron chi connectivity index (χ0n) is 25.6. The number of aryl methyl sites for hydroxylation is 1. The summed E-state index contributed by atoms with van der Waals surface area (Å²) in [7, 11) is 3.05. The fourth-order valence-corrected chi connectivity index (χ4v) is 5.31. The lowest BCUT2D eigenvalue weighted by molar-refractivity contribution is -0.152. The average molecular weight is 670 g/mol. The summed E-state index contributed by atoms with van der Waals surface area (Å²) in [6, 6.07) is 9.80. The van der Waals surface area contributed by atoms with Crippen molar-refractivity contribution in [2.45, 2.75) is 18.7 Å². The Morgan fingerprint density at radius 3 is 2.27 bits per heavy atom. The monoisotopic (exact) mass is 669 g/mol. The maximum atomic E-state index is 14.3. The minimum Gasteiger partial charge on any atom is -0.481 e. The molecule has 5 aromatic rings. The number of carbonyl (C=O) groups is 2. The molecule has 1 aliphatic heterocycles. The van der Waals surface area contributed by atoms with Crippen LogP contribution in [0.15, 0.2) is 59.8 Å². The van der Waals surface area contributed by atoms with Crippen LogP contribution in [0, 0.1) is 0 Å². The van der Waals surface area contributed by atoms with Crippen LogP contribution in [0.2, 0.25) is 0 Å². The second-order valence-electron chi connectivity index (χ2n) is 10.7. The van der Waals surface area contributed by atoms with E-state index in [9.17, 15) is 27.6 Å². The highest BCUT2D eigenvalue weighted by molar-refractivity contribution is 6.04. The van der Waals surface area contributed by atoms with Gasteiger partial charge in [-0.15, -0.1) is 0 Å². The van der Waals surface area contributed by atoms with Crippen molar-refractivity contribution in [2.24, 2.45) is 7.05 Å². The highest BCUT2D eigenvalue weighted by Gasteiger charge is 2.36. The summed E-state index contributed by atoms with van der Waals surface area (Å²) in [6.45, 7) is 2.13. The lowest BCUT2D eigenvalue weighted by Crippen LogP contribution is -2.44. The van der Waals surface area contributed by atoms with E-state index in [1.165, 1.54) is 22.3 Å². The lowest BCUT2D eigenvalue weighted by Gasteiger charge is -2.31. The van der Waals surface area contributed by atoms with Crippen molar-refractivity contribution in [2.75, 3.05) is 38.2 Å². The van der Waals surface area contributed by atoms with Crippen molar-refractivity contribution in [3.05, 3.63) is 71.0 Å². The molecular formula is C31H30F3N7O7. The number of aliphatic hydroxyl groups is 1. The number of alkyl halides is 3. The Hall–Kier alpha value is -5.55. The molecule has 2 aromatic carbocycles. The molecule has 4 heterocycles. The van der Waals surface area contributed by atoms with Crippen LogP contribution in [0.5, 0.6) is 6.01 Å². The maximum absolute atomic E-state index is 14.3. The molecule has 0 aliphatic carbocycles. The van der Waals surface area contributed by atoms with Gasteiger partial charge < -0.3 is 30.3 Å². The summed E-state index contributed by atoms with van der Waals surface area (Å²) in [6.07, 6.45) is -2.36. The van der Waals surface area contributed by atoms with E-state index in [1.807, 2.05) is 12.1 Å². The molecule has 1 unspecified atom stereocenters. The normalized spacial score (nSPS) is 14.0. The first-order chi connectivity index (χ1) is 22.8. The number of aliphatic carboxylic acids is 2. The molecule has 1 aliphatic rings. The van der Waals surface area contributed by atoms with Crippen LogP contribution < -0.4 is 20.6 Å². The van der Waals surface area contributed by atoms with Crippen molar-refractivity contribution in [3.8, 4) is 22.8 Å². The third-order valence-corrected chi connectivity index (χ3v) is 7.68. The quantitative estimate of drug-likeness (QED) is 0.199. The molecule has 1 fully saturated rings. The van der Waals surface area contributed by atoms with E-state index >= 15 is 0 Å². The Morgan fingerprint density at radius 1 is 1.00 bits per heavy atom. The number of rotatable bonds is 7. The highest BCUT2D eigenvalue weighted by Crippen LogP contribution is 2.39. The largest absolute Gasteiger partial charge is 0.481 e. The number of hydrogen-bond acceptors (Lipinski definition) is 10. The highest BCUT2D eigenvalue weighted by atomic mass is 19.4. The van der Waals surface area contributed by atoms with Crippen LogP contribution in [-0.4, -0.2) is 90.7 Å². The number of fused-ring (bicyclic) bond motifs is 3. The molecule has 1 atom stereocenters. The molecule has 1 saturated heterocycles. The number of imidazole rings is 1. The fourth-order valence-electron chi connectivity index (χ4n) is 5.31. The van der Waals surface area contributed by atoms with Gasteiger partial charge in [-0.1, -0.05) is 6.07 Å². The van der Waals surface area contributed by atoms with Crippen LogP contribution >= 0.6 is 0 Å². The van der Waals surface area contributed by atoms with E-state index in [1.54, 1.807) is 42.7 Å². The number of carboxylic acids is 2. The molecule has 0 radical (unpaired) electrons. The number of ether oxygens (including phenoxy) is 1. The van der Waals surface area contributed by atoms with E-state index in [0.717, 1.165) is 11.6 Å². The van der Waals surface area contributed by atoms with Crippen molar-refractivity contribution in [1.82, 2.24) is 29.4 Å². The molecule has 0 amide bonds. The Bertz CT molecular complexity index is 2040. The van der Waals surface area contributed by atoms with E-state index in [-0.39, 0.29) is 17.4 Å². The Morgan fingerprint density at radius 2 is 1.69 bits per heavy atom. The maximum Gasteiger partial charge on any atom is 0.418 e. The zero-order chi connectivity index (χ0) is 34.7. The summed E-state index contributed by atoms with van der Waals surface area (Å²) in [5.74, 6) is -2.85. The van der Waals surface area contributed by atoms with Crippen LogP contribution in [0.3, 0.4) is 0 Å². The summed E-state index contributed by atoms with van der Waals surface area (Å²) in [5.41, 5.74) is 2.00. The smallest absolute Gasteiger partial charge is 0.418 e. The van der Waals surface area contributed by atoms with Crippen LogP contribution in [-0.2, 0) is 22.8 Å². The molecule has 48 heavy (non-hydrogen) atoms. The van der Waals surface area contributed by atoms with Gasteiger partial charge in [-0.2, -0.15) is 13.2 Å². The van der Waals surface area contributed by atoms with E-state index in [0.29, 0.717) is 53.7 Å². The summed E-state index contributed by atoms with van der Waals surface area (Å²) in [5, 5.41) is 27.9. The van der Waals surface area contributed by atoms with Gasteiger partial charge in [0.15, 0.2) is 6.10 Å². The van der Waals surface area contributed by atoms with Crippen LogP contribution in [0.25, 0.3) is 38.8 Å². The zero-order valence-corrected chi connectivity index (χ0v) is 25.6. The number of nitrogens with one attached hydrogen (secondary N) is 1. The average Bonchev–Trinajstić information content (AvgIpc) is 3.33. The summed E-state index contributed by atoms with van der Waals surface area (Å²) in [4.78, 5) is 47.4. The van der Waals surface area contributed by atoms with Crippen LogP contribution in [0.1, 0.15) is 12.0 Å². The van der Waals surface area contributed by atoms with Crippen LogP contribution in [0.4, 0.5) is 18.9 Å². The van der Waals surface area contributed by atoms with E-state index in [2.05, 4.69) is 20.3 Å². The molecule has 0 spiro atoms. The third kappa shape index (κ3) is 6.91. The Kier molecular flexibility index (Phi) is 9.62. The Balaban J connectivity index is 0.000000441. The number of halogens is 3. The number of piperazine rings is 1. The fraction of sp³-hybridized carbons (Fsp3) is 0.290. The molecular weight excluding hydrogens is 639 g/mol. The molecule has 3 aromatic heterocycles. The molecule has 6 rings (SSSR count). The second kappa shape index (κ2) is 13.7. The standard InChI is InChI=1S/C27H24F3N7O2.C4H6O5/c1-35-23-15-32-21-5-3-16(17-13-33-25(39-2)34-14-17)11-19(21)24(23)37(26(35)38)18-4-6-22(20(12-18)27(28,29)30)36-9-7-31-8-10-36;5-2(4(8)9)1-3(6)7/h3-6,11-15,31H,7-10H2,1-2H3;2,5H,1H2,(H,6,7)(H,8,9). The van der Waals surface area contributed by atoms with Gasteiger partial charge in [0.25, 0.3) is 0 Å². The number of aliphatic hydroxyl groups excluding tert-OH is 1. The van der Waals surface area contributed by atoms with Crippen molar-refractivity contribution < 1.29 is 42.8 Å². The van der Waals surface area contributed by atoms with Crippen molar-refractivity contribution >= 4 is 39.6 Å². The SMILES string of the molecule is COc1ncc(-c2ccc3ncc4c(c3c2)n(-c2ccc(N3CCNCC3)c(C(F)(F)F)c2)c(=O)n4C)cn1.O=C(O)CC(O)C(=O)O. The van der Waals surface area contributed by atoms with Gasteiger partial charge in [0.2, 0.25) is 0 Å². The third-order valence-electron chi connectivity index (χ3n) is 7.68. The molecule has 0 saturated carbocycles. The van der Waals surface area contributed by atoms with Gasteiger partial charge in [0.05, 0.1) is 47.5 Å². The van der Waals surface area contributed by atoms with E-state index in [4.69, 9.17) is 20.1 Å². The van der Waals surface area contributed by atoms with Gasteiger partial charge in [-0.25, -0.2) is 19.6 Å². The van der Waals surface area contributed by atoms with E-state index < -0.39 is 41.9 Å². The number of methoxy groups -OCH3 is 1. The summed E-state index contributed by atoms with van der Waals surface area (Å²) >= 11 is 0. The number of aromatic nitrogens is 5. The van der Waals surface area contributed by atoms with Gasteiger partial charge in [-0.05, 0) is 35.9 Å². The number of hydrogen-bond donors (Lipinski definition) is 4. The molecule has 0 bridgehead atoms. The molecule has 4 N–H and O–H groups in total. The molecule has 17 heteroatoms. The first-order valence-electron chi connectivity index (χ1n) is 14.5. The number of carboxylic acid groups (broad SMARTS) is 2. The number of nitrogens with zero attached hydrogens (tertiary/aromatic N) is 6. The Labute approximate surface area is 269 Å². The second-order valence-corrected chi connectivity index (χ2v) is 10.7. The lowest BCUT2D eigenvalue weighted by atomic mass is 10.0. The van der Waals surface area contributed by atoms with Gasteiger partial charge in [0, 0.05) is 62.3 Å². The topological polar surface area (TPSA) is 185 Å². The summed E-state index contributed by atoms with van der Waals surface area (Å²) < 4.78 is 50.7. The molecule has 14 nitrogen and oxygen atoms in total.